The van der Waals surface area contributed by atoms with E-state index < -0.39 is 5.82 Å². The average molecular weight is 283 g/mol. The molecule has 0 bridgehead atoms. The predicted octanol–water partition coefficient (Wildman–Crippen LogP) is 3.14. The molecule has 0 aromatic heterocycles. The number of nitrogens with zero attached hydrogens (tertiary/aromatic N) is 1. The Balaban J connectivity index is 2.63. The summed E-state index contributed by atoms with van der Waals surface area (Å²) in [6.07, 6.45) is 0. The van der Waals surface area contributed by atoms with Gasteiger partial charge in [-0.1, -0.05) is 42.7 Å². The van der Waals surface area contributed by atoms with Gasteiger partial charge in [0.05, 0.1) is 0 Å². The normalized spacial score (nSPS) is 9.94. The molecule has 2 nitrogen and oxygen atoms in total. The Morgan fingerprint density at radius 2 is 2.17 bits per heavy atom. The Morgan fingerprint density at radius 3 is 2.72 bits per heavy atom. The van der Waals surface area contributed by atoms with Crippen LogP contribution in [0.3, 0.4) is 0 Å². The van der Waals surface area contributed by atoms with Crippen molar-refractivity contribution in [1.82, 2.24) is 4.90 Å². The number of thioether (sulfide) groups is 1. The molecule has 5 heteroatoms. The van der Waals surface area contributed by atoms with Crippen molar-refractivity contribution >= 4 is 34.1 Å². The largest absolute Gasteiger partial charge is 0.364 e. The number of ketones is 1. The lowest BCUT2D eigenvalue weighted by Crippen LogP contribution is -2.17. The highest BCUT2D eigenvalue weighted by atomic mass is 32.2. The molecule has 0 saturated heterocycles. The van der Waals surface area contributed by atoms with Gasteiger partial charge in [-0.25, -0.2) is 4.39 Å². The molecule has 1 aromatic rings. The number of benzene rings is 1. The molecule has 0 fully saturated rings. The fourth-order valence-electron chi connectivity index (χ4n) is 1.18. The van der Waals surface area contributed by atoms with Crippen molar-refractivity contribution in [3.63, 3.8) is 0 Å². The van der Waals surface area contributed by atoms with Gasteiger partial charge in [0.15, 0.2) is 5.78 Å². The number of hydrogen-bond acceptors (Lipinski definition) is 3. The lowest BCUT2D eigenvalue weighted by Gasteiger charge is -2.13. The maximum absolute atomic E-state index is 13.0. The van der Waals surface area contributed by atoms with E-state index in [1.807, 2.05) is 14.1 Å². The van der Waals surface area contributed by atoms with Gasteiger partial charge in [-0.2, -0.15) is 0 Å². The van der Waals surface area contributed by atoms with Crippen molar-refractivity contribution in [2.45, 2.75) is 0 Å². The molecule has 0 atom stereocenters. The second-order valence-electron chi connectivity index (χ2n) is 3.89. The van der Waals surface area contributed by atoms with Crippen molar-refractivity contribution in [3.05, 3.63) is 47.8 Å². The Kier molecular flexibility index (Phi) is 5.50. The summed E-state index contributed by atoms with van der Waals surface area (Å²) in [7, 11) is 3.68. The summed E-state index contributed by atoms with van der Waals surface area (Å²) in [5.74, 6) is -0.263. The molecule has 0 spiro atoms. The lowest BCUT2D eigenvalue weighted by atomic mass is 10.1. The lowest BCUT2D eigenvalue weighted by molar-refractivity contribution is 0.103. The van der Waals surface area contributed by atoms with Crippen LogP contribution < -0.4 is 0 Å². The van der Waals surface area contributed by atoms with E-state index in [9.17, 15) is 9.18 Å². The van der Waals surface area contributed by atoms with Gasteiger partial charge >= 0.3 is 0 Å². The monoisotopic (exact) mass is 283 g/mol. The molecule has 0 amide bonds. The number of thiocarbonyl (C=S) groups is 1. The quantitative estimate of drug-likeness (QED) is 0.480. The van der Waals surface area contributed by atoms with E-state index in [-0.39, 0.29) is 5.78 Å². The molecule has 0 aliphatic rings. The highest BCUT2D eigenvalue weighted by Gasteiger charge is 2.12. The molecule has 1 rings (SSSR count). The second-order valence-corrected chi connectivity index (χ2v) is 5.50. The van der Waals surface area contributed by atoms with E-state index >= 15 is 0 Å². The summed E-state index contributed by atoms with van der Waals surface area (Å²) in [4.78, 5) is 13.7. The van der Waals surface area contributed by atoms with Gasteiger partial charge in [0.1, 0.15) is 10.1 Å². The minimum atomic E-state index is -0.426. The first kappa shape index (κ1) is 14.9. The summed E-state index contributed by atoms with van der Waals surface area (Å²) < 4.78 is 13.7. The number of Topliss-reactive ketones (excluding diaryl/α,β-unsaturated/α-hetero) is 1. The third-order valence-corrected chi connectivity index (χ3v) is 3.97. The van der Waals surface area contributed by atoms with Crippen LogP contribution in [0.5, 0.6) is 0 Å². The standard InChI is InChI=1S/C13H14FNOS2/c1-9(8-18-13(17)15(2)3)12(16)10-5-4-6-11(14)7-10/h4-7H,1,8H2,2-3H3. The molecular formula is C13H14FNOS2. The molecule has 0 aliphatic heterocycles. The maximum atomic E-state index is 13.0. The molecule has 96 valence electrons. The van der Waals surface area contributed by atoms with Crippen LogP contribution >= 0.6 is 24.0 Å². The van der Waals surface area contributed by atoms with Crippen LogP contribution in [0.1, 0.15) is 10.4 Å². The molecule has 0 saturated carbocycles. The van der Waals surface area contributed by atoms with E-state index in [4.69, 9.17) is 12.2 Å². The topological polar surface area (TPSA) is 20.3 Å². The molecule has 0 aliphatic carbocycles. The summed E-state index contributed by atoms with van der Waals surface area (Å²) in [6, 6.07) is 5.59. The van der Waals surface area contributed by atoms with Crippen LogP contribution in [0.4, 0.5) is 4.39 Å². The van der Waals surface area contributed by atoms with Crippen molar-refractivity contribution in [2.24, 2.45) is 0 Å². The van der Waals surface area contributed by atoms with Gasteiger partial charge in [0.25, 0.3) is 0 Å². The third-order valence-electron chi connectivity index (χ3n) is 2.14. The van der Waals surface area contributed by atoms with Crippen LogP contribution in [0.25, 0.3) is 0 Å². The van der Waals surface area contributed by atoms with Crippen molar-refractivity contribution in [3.8, 4) is 0 Å². The smallest absolute Gasteiger partial charge is 0.189 e. The van der Waals surface area contributed by atoms with Crippen LogP contribution in [0, 0.1) is 5.82 Å². The van der Waals surface area contributed by atoms with Crippen molar-refractivity contribution < 1.29 is 9.18 Å². The van der Waals surface area contributed by atoms with Gasteiger partial charge in [-0.05, 0) is 12.1 Å². The highest BCUT2D eigenvalue weighted by molar-refractivity contribution is 8.23. The third kappa shape index (κ3) is 4.23. The zero-order chi connectivity index (χ0) is 13.7. The van der Waals surface area contributed by atoms with E-state index in [1.165, 1.54) is 30.0 Å². The number of hydrogen-bond donors (Lipinski definition) is 0. The minimum Gasteiger partial charge on any atom is -0.364 e. The predicted molar refractivity (Wildman–Crippen MR) is 78.6 cm³/mol. The Morgan fingerprint density at radius 1 is 1.50 bits per heavy atom. The first-order valence-corrected chi connectivity index (χ1v) is 6.63. The highest BCUT2D eigenvalue weighted by Crippen LogP contribution is 2.15. The molecule has 0 radical (unpaired) electrons. The maximum Gasteiger partial charge on any atom is 0.189 e. The van der Waals surface area contributed by atoms with Gasteiger partial charge < -0.3 is 4.90 Å². The number of carbonyl (C=O) groups excluding carboxylic acids is 1. The summed E-state index contributed by atoms with van der Waals surface area (Å²) >= 11 is 6.46. The summed E-state index contributed by atoms with van der Waals surface area (Å²) in [6.45, 7) is 3.72. The Bertz CT molecular complexity index is 486. The van der Waals surface area contributed by atoms with Gasteiger partial charge in [-0.3, -0.25) is 4.79 Å². The Labute approximate surface area is 116 Å². The van der Waals surface area contributed by atoms with Crippen LogP contribution in [-0.2, 0) is 0 Å². The van der Waals surface area contributed by atoms with E-state index in [0.29, 0.717) is 21.2 Å². The minimum absolute atomic E-state index is 0.247. The van der Waals surface area contributed by atoms with Crippen LogP contribution in [0.2, 0.25) is 0 Å². The summed E-state index contributed by atoms with van der Waals surface area (Å²) in [5.41, 5.74) is 0.728. The van der Waals surface area contributed by atoms with Crippen molar-refractivity contribution in [2.75, 3.05) is 19.8 Å². The second kappa shape index (κ2) is 6.66. The molecule has 1 aromatic carbocycles. The molecule has 0 N–H and O–H groups in total. The van der Waals surface area contributed by atoms with Gasteiger partial charge in [0.2, 0.25) is 0 Å². The van der Waals surface area contributed by atoms with Crippen molar-refractivity contribution in [1.29, 1.82) is 0 Å². The van der Waals surface area contributed by atoms with E-state index in [2.05, 4.69) is 6.58 Å². The summed E-state index contributed by atoms with van der Waals surface area (Å²) in [5, 5.41) is 0. The van der Waals surface area contributed by atoms with E-state index in [0.717, 1.165) is 0 Å². The fraction of sp³-hybridized carbons (Fsp3) is 0.231. The number of rotatable bonds is 4. The molecule has 0 heterocycles. The van der Waals surface area contributed by atoms with Gasteiger partial charge in [0, 0.05) is 31.0 Å². The SMILES string of the molecule is C=C(CSC(=S)N(C)C)C(=O)c1cccc(F)c1. The molecular weight excluding hydrogens is 269 g/mol. The average Bonchev–Trinajstić information content (AvgIpc) is 2.34. The first-order valence-electron chi connectivity index (χ1n) is 5.24. The molecule has 18 heavy (non-hydrogen) atoms. The van der Waals surface area contributed by atoms with Crippen LogP contribution in [-0.4, -0.2) is 34.9 Å². The molecule has 0 unspecified atom stereocenters. The first-order chi connectivity index (χ1) is 8.41. The zero-order valence-corrected chi connectivity index (χ0v) is 11.9. The van der Waals surface area contributed by atoms with Gasteiger partial charge in [-0.15, -0.1) is 0 Å². The number of halogens is 1. The van der Waals surface area contributed by atoms with E-state index in [1.54, 1.807) is 11.0 Å². The number of carbonyl (C=O) groups is 1. The van der Waals surface area contributed by atoms with Crippen LogP contribution in [0.15, 0.2) is 36.4 Å². The Hall–Kier alpha value is -1.20. The fourth-order valence-corrected chi connectivity index (χ4v) is 2.04. The zero-order valence-electron chi connectivity index (χ0n) is 10.3.